The van der Waals surface area contributed by atoms with Gasteiger partial charge in [-0.05, 0) is 35.9 Å². The summed E-state index contributed by atoms with van der Waals surface area (Å²) in [5.74, 6) is 1.58. The number of rotatable bonds is 8. The van der Waals surface area contributed by atoms with Crippen LogP contribution >= 0.6 is 0 Å². The Kier molecular flexibility index (Phi) is 6.64. The van der Waals surface area contributed by atoms with Crippen LogP contribution in [0.1, 0.15) is 22.3 Å². The first kappa shape index (κ1) is 19.0. The Morgan fingerprint density at radius 3 is 2.43 bits per heavy atom. The molecule has 0 bridgehead atoms. The normalized spacial score (nSPS) is 10.4. The molecule has 5 heteroatoms. The van der Waals surface area contributed by atoms with Gasteiger partial charge in [0.25, 0.3) is 0 Å². The highest BCUT2D eigenvalue weighted by Gasteiger charge is 2.03. The van der Waals surface area contributed by atoms with Crippen molar-refractivity contribution in [2.45, 2.75) is 13.2 Å². The molecule has 0 aromatic heterocycles. The van der Waals surface area contributed by atoms with Crippen LogP contribution < -0.4 is 14.9 Å². The number of para-hydroxylation sites is 2. The minimum absolute atomic E-state index is 0.422. The highest BCUT2D eigenvalue weighted by Crippen LogP contribution is 2.19. The predicted octanol–water partition coefficient (Wildman–Crippen LogP) is 4.27. The average molecular weight is 371 g/mol. The van der Waals surface area contributed by atoms with Crippen LogP contribution in [0.2, 0.25) is 0 Å². The topological polar surface area (TPSA) is 66.6 Å². The summed E-state index contributed by atoms with van der Waals surface area (Å²) < 4.78 is 11.3. The molecule has 5 nitrogen and oxygen atoms in total. The van der Waals surface area contributed by atoms with E-state index in [0.717, 1.165) is 28.2 Å². The van der Waals surface area contributed by atoms with Crippen molar-refractivity contribution in [3.8, 4) is 17.6 Å². The molecule has 0 unspecified atom stereocenters. The summed E-state index contributed by atoms with van der Waals surface area (Å²) in [4.78, 5) is 0. The Balaban J connectivity index is 1.60. The Morgan fingerprint density at radius 1 is 0.964 bits per heavy atom. The summed E-state index contributed by atoms with van der Waals surface area (Å²) in [6.45, 7) is 0.986. The third kappa shape index (κ3) is 5.12. The number of benzene rings is 3. The van der Waals surface area contributed by atoms with E-state index in [1.807, 2.05) is 60.7 Å². The van der Waals surface area contributed by atoms with Crippen molar-refractivity contribution in [1.29, 1.82) is 5.26 Å². The van der Waals surface area contributed by atoms with Crippen molar-refractivity contribution < 1.29 is 9.47 Å². The minimum atomic E-state index is 0.422. The van der Waals surface area contributed by atoms with Crippen LogP contribution in [0.5, 0.6) is 11.5 Å². The van der Waals surface area contributed by atoms with Crippen LogP contribution in [-0.2, 0) is 13.2 Å². The average Bonchev–Trinajstić information content (AvgIpc) is 2.76. The van der Waals surface area contributed by atoms with Gasteiger partial charge in [-0.25, -0.2) is 0 Å². The maximum atomic E-state index is 8.87. The Bertz CT molecular complexity index is 976. The van der Waals surface area contributed by atoms with E-state index in [0.29, 0.717) is 18.7 Å². The molecule has 3 aromatic rings. The lowest BCUT2D eigenvalue weighted by Crippen LogP contribution is -2.07. The fourth-order valence-electron chi connectivity index (χ4n) is 2.65. The monoisotopic (exact) mass is 371 g/mol. The van der Waals surface area contributed by atoms with E-state index >= 15 is 0 Å². The Morgan fingerprint density at radius 2 is 1.68 bits per heavy atom. The fraction of sp³-hybridized carbons (Fsp3) is 0.130. The van der Waals surface area contributed by atoms with E-state index in [2.05, 4.69) is 16.6 Å². The van der Waals surface area contributed by atoms with Crippen molar-refractivity contribution in [2.75, 3.05) is 7.11 Å². The van der Waals surface area contributed by atoms with Gasteiger partial charge >= 0.3 is 0 Å². The molecule has 0 saturated heterocycles. The summed E-state index contributed by atoms with van der Waals surface area (Å²) in [6.07, 6.45) is 1.74. The lowest BCUT2D eigenvalue weighted by molar-refractivity contribution is 0.306. The van der Waals surface area contributed by atoms with Gasteiger partial charge in [-0.2, -0.15) is 10.4 Å². The van der Waals surface area contributed by atoms with Crippen molar-refractivity contribution in [1.82, 2.24) is 5.43 Å². The molecule has 0 aliphatic heterocycles. The number of nitrogens with zero attached hydrogens (tertiary/aromatic N) is 2. The quantitative estimate of drug-likeness (QED) is 0.474. The maximum Gasteiger partial charge on any atom is 0.128 e. The second-order valence-electron chi connectivity index (χ2n) is 6.04. The number of hydrogen-bond donors (Lipinski definition) is 1. The Labute approximate surface area is 164 Å². The van der Waals surface area contributed by atoms with Crippen LogP contribution in [0.4, 0.5) is 0 Å². The number of methoxy groups -OCH3 is 1. The zero-order valence-electron chi connectivity index (χ0n) is 15.6. The van der Waals surface area contributed by atoms with Crippen LogP contribution in [-0.4, -0.2) is 13.3 Å². The van der Waals surface area contributed by atoms with E-state index < -0.39 is 0 Å². The van der Waals surface area contributed by atoms with Crippen molar-refractivity contribution in [2.24, 2.45) is 5.10 Å². The smallest absolute Gasteiger partial charge is 0.128 e. The molecule has 0 aliphatic rings. The number of nitriles is 1. The fourth-order valence-corrected chi connectivity index (χ4v) is 2.65. The molecule has 0 aliphatic carbocycles. The molecule has 0 saturated carbocycles. The molecule has 140 valence electrons. The SMILES string of the molecule is COc1ccccc1CN/N=C/c1ccccc1OCc1ccc(C#N)cc1. The second-order valence-corrected chi connectivity index (χ2v) is 6.04. The molecule has 3 rings (SSSR count). The molecule has 0 fully saturated rings. The van der Waals surface area contributed by atoms with Crippen LogP contribution in [0, 0.1) is 11.3 Å². The Hall–Kier alpha value is -3.78. The van der Waals surface area contributed by atoms with Gasteiger partial charge in [-0.1, -0.05) is 42.5 Å². The summed E-state index contributed by atoms with van der Waals surface area (Å²) in [5.41, 5.74) is 6.59. The third-order valence-corrected chi connectivity index (χ3v) is 4.15. The number of hydrogen-bond acceptors (Lipinski definition) is 5. The molecule has 0 atom stereocenters. The second kappa shape index (κ2) is 9.79. The van der Waals surface area contributed by atoms with Gasteiger partial charge in [0.15, 0.2) is 0 Å². The van der Waals surface area contributed by atoms with E-state index in [1.54, 1.807) is 25.5 Å². The molecular formula is C23H21N3O2. The van der Waals surface area contributed by atoms with Crippen LogP contribution in [0.15, 0.2) is 77.9 Å². The molecule has 3 aromatic carbocycles. The highest BCUT2D eigenvalue weighted by atomic mass is 16.5. The first-order valence-electron chi connectivity index (χ1n) is 8.89. The number of ether oxygens (including phenoxy) is 2. The van der Waals surface area contributed by atoms with Crippen molar-refractivity contribution in [3.05, 3.63) is 95.1 Å². The first-order valence-corrected chi connectivity index (χ1v) is 8.89. The summed E-state index contributed by atoms with van der Waals surface area (Å²) in [7, 11) is 1.66. The molecule has 0 heterocycles. The maximum absolute atomic E-state index is 8.87. The number of nitrogens with one attached hydrogen (secondary N) is 1. The zero-order valence-corrected chi connectivity index (χ0v) is 15.6. The van der Waals surface area contributed by atoms with E-state index in [-0.39, 0.29) is 0 Å². The van der Waals surface area contributed by atoms with E-state index in [4.69, 9.17) is 14.7 Å². The van der Waals surface area contributed by atoms with Gasteiger partial charge in [-0.15, -0.1) is 0 Å². The van der Waals surface area contributed by atoms with Gasteiger partial charge in [0.05, 0.1) is 31.5 Å². The van der Waals surface area contributed by atoms with Gasteiger partial charge in [0, 0.05) is 11.1 Å². The van der Waals surface area contributed by atoms with Gasteiger partial charge < -0.3 is 14.9 Å². The van der Waals surface area contributed by atoms with E-state index in [1.165, 1.54) is 0 Å². The summed E-state index contributed by atoms with van der Waals surface area (Å²) in [6, 6.07) is 25.0. The number of hydrazone groups is 1. The molecule has 0 amide bonds. The molecule has 0 spiro atoms. The van der Waals surface area contributed by atoms with Crippen LogP contribution in [0.3, 0.4) is 0 Å². The summed E-state index contributed by atoms with van der Waals surface area (Å²) in [5, 5.41) is 13.2. The van der Waals surface area contributed by atoms with E-state index in [9.17, 15) is 0 Å². The first-order chi connectivity index (χ1) is 13.8. The lowest BCUT2D eigenvalue weighted by Gasteiger charge is -2.09. The zero-order chi connectivity index (χ0) is 19.6. The van der Waals surface area contributed by atoms with Gasteiger partial charge in [-0.3, -0.25) is 0 Å². The van der Waals surface area contributed by atoms with Gasteiger partial charge in [0.2, 0.25) is 0 Å². The summed E-state index contributed by atoms with van der Waals surface area (Å²) >= 11 is 0. The van der Waals surface area contributed by atoms with Crippen molar-refractivity contribution >= 4 is 6.21 Å². The molecular weight excluding hydrogens is 350 g/mol. The largest absolute Gasteiger partial charge is 0.496 e. The van der Waals surface area contributed by atoms with Gasteiger partial charge in [0.1, 0.15) is 18.1 Å². The highest BCUT2D eigenvalue weighted by molar-refractivity contribution is 5.83. The third-order valence-electron chi connectivity index (χ3n) is 4.15. The molecule has 1 N–H and O–H groups in total. The molecule has 0 radical (unpaired) electrons. The standard InChI is InChI=1S/C23H21N3O2/c1-27-22-8-4-2-6-20(22)15-25-26-16-21-7-3-5-9-23(21)28-17-19-12-10-18(14-24)11-13-19/h2-13,16,25H,15,17H2,1H3/b26-16+. The minimum Gasteiger partial charge on any atom is -0.496 e. The molecule has 28 heavy (non-hydrogen) atoms. The van der Waals surface area contributed by atoms with Crippen LogP contribution in [0.25, 0.3) is 0 Å². The van der Waals surface area contributed by atoms with Crippen molar-refractivity contribution in [3.63, 3.8) is 0 Å². The lowest BCUT2D eigenvalue weighted by atomic mass is 10.1. The predicted molar refractivity (Wildman–Crippen MR) is 109 cm³/mol.